The van der Waals surface area contributed by atoms with E-state index in [0.717, 1.165) is 36.4 Å². The van der Waals surface area contributed by atoms with Gasteiger partial charge in [0.15, 0.2) is 0 Å². The predicted octanol–water partition coefficient (Wildman–Crippen LogP) is 4.22. The van der Waals surface area contributed by atoms with E-state index in [0.29, 0.717) is 17.0 Å². The Hall–Kier alpha value is -3.78. The first kappa shape index (κ1) is 21.1. The molecule has 1 aliphatic heterocycles. The second-order valence-corrected chi connectivity index (χ2v) is 8.55. The van der Waals surface area contributed by atoms with Crippen molar-refractivity contribution in [1.29, 1.82) is 0 Å². The average Bonchev–Trinajstić information content (AvgIpc) is 3.40. The number of amides is 1. The summed E-state index contributed by atoms with van der Waals surface area (Å²) >= 11 is 0. The molecule has 1 aliphatic rings. The third-order valence-electron chi connectivity index (χ3n) is 5.96. The smallest absolute Gasteiger partial charge is 0.255 e. The number of carbonyl (C=O) groups excluding carboxylic acids is 1. The van der Waals surface area contributed by atoms with Crippen LogP contribution in [0, 0.1) is 0 Å². The van der Waals surface area contributed by atoms with E-state index < -0.39 is 0 Å². The minimum atomic E-state index is -0.104. The van der Waals surface area contributed by atoms with E-state index in [9.17, 15) is 4.79 Å². The van der Waals surface area contributed by atoms with Crippen molar-refractivity contribution in [2.75, 3.05) is 17.7 Å². The van der Waals surface area contributed by atoms with Crippen molar-refractivity contribution < 1.29 is 4.79 Å². The van der Waals surface area contributed by atoms with Crippen LogP contribution in [0.4, 0.5) is 11.5 Å². The Labute approximate surface area is 192 Å². The molecule has 168 valence electrons. The molecule has 0 bridgehead atoms. The van der Waals surface area contributed by atoms with E-state index in [1.165, 1.54) is 11.1 Å². The van der Waals surface area contributed by atoms with Gasteiger partial charge in [-0.3, -0.25) is 14.4 Å². The Bertz CT molecular complexity index is 1330. The average molecular weight is 442 g/mol. The Morgan fingerprint density at radius 3 is 2.85 bits per heavy atom. The molecule has 3 heterocycles. The van der Waals surface area contributed by atoms with Crippen molar-refractivity contribution >= 4 is 28.6 Å². The van der Waals surface area contributed by atoms with Gasteiger partial charge in [0.25, 0.3) is 5.91 Å². The van der Waals surface area contributed by atoms with Gasteiger partial charge in [0, 0.05) is 30.9 Å². The summed E-state index contributed by atoms with van der Waals surface area (Å²) in [5.74, 6) is 0.557. The molecule has 2 N–H and O–H groups in total. The fraction of sp³-hybridized carbons (Fsp3) is 0.280. The fourth-order valence-corrected chi connectivity index (χ4v) is 4.18. The quantitative estimate of drug-likeness (QED) is 0.466. The molecule has 2 aromatic heterocycles. The van der Waals surface area contributed by atoms with Crippen LogP contribution in [0.5, 0.6) is 0 Å². The number of anilines is 2. The van der Waals surface area contributed by atoms with Gasteiger partial charge in [-0.2, -0.15) is 5.10 Å². The summed E-state index contributed by atoms with van der Waals surface area (Å²) in [6.07, 6.45) is 3.61. The lowest BCUT2D eigenvalue weighted by molar-refractivity contribution is 0.102. The number of nitrogens with zero attached hydrogens (tertiary/aromatic N) is 5. The van der Waals surface area contributed by atoms with Crippen LogP contribution in [0.3, 0.4) is 0 Å². The number of carbonyl (C=O) groups is 1. The van der Waals surface area contributed by atoms with Crippen LogP contribution < -0.4 is 10.6 Å². The molecule has 1 atom stereocenters. The summed E-state index contributed by atoms with van der Waals surface area (Å²) in [5, 5.41) is 10.8. The van der Waals surface area contributed by atoms with E-state index in [1.54, 1.807) is 6.20 Å². The zero-order valence-electron chi connectivity index (χ0n) is 19.0. The molecule has 0 saturated carbocycles. The van der Waals surface area contributed by atoms with Crippen LogP contribution in [0.2, 0.25) is 0 Å². The van der Waals surface area contributed by atoms with Gasteiger partial charge in [0.05, 0.1) is 18.4 Å². The first-order valence-corrected chi connectivity index (χ1v) is 11.2. The SMILES string of the molecule is CCn1cc2ncc(N[C@@H](C)c3cccc(NC(=O)c4ccc5c(c4)CN(C)C5)c3)nc2n1. The van der Waals surface area contributed by atoms with Gasteiger partial charge in [-0.15, -0.1) is 0 Å². The van der Waals surface area contributed by atoms with Crippen LogP contribution in [0.15, 0.2) is 54.9 Å². The molecule has 8 heteroatoms. The van der Waals surface area contributed by atoms with Gasteiger partial charge in [0.1, 0.15) is 11.3 Å². The third kappa shape index (κ3) is 4.42. The second kappa shape index (κ2) is 8.63. The molecule has 0 aliphatic carbocycles. The van der Waals surface area contributed by atoms with Crippen molar-refractivity contribution in [2.45, 2.75) is 39.5 Å². The molecule has 0 unspecified atom stereocenters. The molecule has 2 aromatic carbocycles. The maximum Gasteiger partial charge on any atom is 0.255 e. The third-order valence-corrected chi connectivity index (χ3v) is 5.96. The Morgan fingerprint density at radius 1 is 1.15 bits per heavy atom. The number of fused-ring (bicyclic) bond motifs is 2. The van der Waals surface area contributed by atoms with Crippen LogP contribution >= 0.6 is 0 Å². The van der Waals surface area contributed by atoms with E-state index in [2.05, 4.69) is 50.6 Å². The van der Waals surface area contributed by atoms with Gasteiger partial charge in [-0.25, -0.2) is 9.97 Å². The molecule has 8 nitrogen and oxygen atoms in total. The van der Waals surface area contributed by atoms with Crippen LogP contribution in [0.1, 0.15) is 46.9 Å². The topological polar surface area (TPSA) is 88.0 Å². The minimum absolute atomic E-state index is 0.0302. The molecule has 4 aromatic rings. The van der Waals surface area contributed by atoms with Crippen molar-refractivity contribution in [1.82, 2.24) is 24.6 Å². The lowest BCUT2D eigenvalue weighted by Gasteiger charge is -2.16. The number of aromatic nitrogens is 4. The van der Waals surface area contributed by atoms with Gasteiger partial charge in [0.2, 0.25) is 5.65 Å². The zero-order chi connectivity index (χ0) is 22.9. The molecule has 0 radical (unpaired) electrons. The molecule has 5 rings (SSSR count). The molecular formula is C25H27N7O. The highest BCUT2D eigenvalue weighted by atomic mass is 16.1. The first-order valence-electron chi connectivity index (χ1n) is 11.2. The number of hydrogen-bond donors (Lipinski definition) is 2. The molecule has 0 spiro atoms. The number of benzene rings is 2. The van der Waals surface area contributed by atoms with E-state index >= 15 is 0 Å². The van der Waals surface area contributed by atoms with Crippen LogP contribution in [0.25, 0.3) is 11.2 Å². The Balaban J connectivity index is 1.28. The van der Waals surface area contributed by atoms with Crippen molar-refractivity contribution in [3.63, 3.8) is 0 Å². The highest BCUT2D eigenvalue weighted by Gasteiger charge is 2.18. The van der Waals surface area contributed by atoms with Gasteiger partial charge >= 0.3 is 0 Å². The molecule has 0 saturated heterocycles. The van der Waals surface area contributed by atoms with Crippen molar-refractivity contribution in [3.05, 3.63) is 77.1 Å². The van der Waals surface area contributed by atoms with Gasteiger partial charge in [-0.05, 0) is 61.9 Å². The molecule has 1 amide bonds. The summed E-state index contributed by atoms with van der Waals surface area (Å²) in [6.45, 7) is 6.67. The lowest BCUT2D eigenvalue weighted by Crippen LogP contribution is -2.13. The fourth-order valence-electron chi connectivity index (χ4n) is 4.18. The number of hydrogen-bond acceptors (Lipinski definition) is 6. The first-order chi connectivity index (χ1) is 16.0. The number of nitrogens with one attached hydrogen (secondary N) is 2. The van der Waals surface area contributed by atoms with Gasteiger partial charge < -0.3 is 10.6 Å². The number of aryl methyl sites for hydroxylation is 1. The summed E-state index contributed by atoms with van der Waals surface area (Å²) in [6, 6.07) is 13.8. The maximum absolute atomic E-state index is 12.9. The highest BCUT2D eigenvalue weighted by Crippen LogP contribution is 2.24. The highest BCUT2D eigenvalue weighted by molar-refractivity contribution is 6.04. The Morgan fingerprint density at radius 2 is 2.00 bits per heavy atom. The molecule has 0 fully saturated rings. The van der Waals surface area contributed by atoms with Crippen molar-refractivity contribution in [2.24, 2.45) is 0 Å². The normalized spacial score (nSPS) is 14.3. The Kier molecular flexibility index (Phi) is 5.51. The predicted molar refractivity (Wildman–Crippen MR) is 129 cm³/mol. The molecule has 33 heavy (non-hydrogen) atoms. The van der Waals surface area contributed by atoms with Crippen LogP contribution in [-0.2, 0) is 19.6 Å². The summed E-state index contributed by atoms with van der Waals surface area (Å²) in [7, 11) is 2.09. The lowest BCUT2D eigenvalue weighted by atomic mass is 10.1. The standard InChI is InChI=1S/C25H27N7O/c1-4-32-15-22-24(30-32)29-23(12-26-22)27-16(2)17-6-5-7-21(11-17)28-25(33)18-8-9-19-13-31(3)14-20(19)10-18/h5-12,15-16H,4,13-14H2,1-3H3,(H,28,33)(H,27,29,30)/t16-/m0/s1. The van der Waals surface area contributed by atoms with E-state index in [4.69, 9.17) is 0 Å². The summed E-state index contributed by atoms with van der Waals surface area (Å²) < 4.78 is 1.82. The zero-order valence-corrected chi connectivity index (χ0v) is 19.0. The van der Waals surface area contributed by atoms with Crippen molar-refractivity contribution in [3.8, 4) is 0 Å². The summed E-state index contributed by atoms with van der Waals surface area (Å²) in [5.41, 5.74) is 6.37. The minimum Gasteiger partial charge on any atom is -0.362 e. The number of rotatable bonds is 6. The van der Waals surface area contributed by atoms with Gasteiger partial charge in [-0.1, -0.05) is 18.2 Å². The monoisotopic (exact) mass is 441 g/mol. The molecular weight excluding hydrogens is 414 g/mol. The van der Waals surface area contributed by atoms with Crippen LogP contribution in [-0.4, -0.2) is 37.6 Å². The largest absolute Gasteiger partial charge is 0.362 e. The second-order valence-electron chi connectivity index (χ2n) is 8.55. The maximum atomic E-state index is 12.9. The summed E-state index contributed by atoms with van der Waals surface area (Å²) in [4.78, 5) is 24.1. The van der Waals surface area contributed by atoms with E-state index in [1.807, 2.05) is 54.2 Å². The van der Waals surface area contributed by atoms with E-state index in [-0.39, 0.29) is 11.9 Å².